The Morgan fingerprint density at radius 2 is 2.24 bits per heavy atom. The number of hydrogen-bond acceptors (Lipinski definition) is 5. The summed E-state index contributed by atoms with van der Waals surface area (Å²) in [6, 6.07) is 9.03. The summed E-state index contributed by atoms with van der Waals surface area (Å²) >= 11 is 0. The van der Waals surface area contributed by atoms with E-state index in [9.17, 15) is 0 Å². The molecule has 6 heteroatoms. The zero-order valence-electron chi connectivity index (χ0n) is 12.2. The highest BCUT2D eigenvalue weighted by molar-refractivity contribution is 6.45. The predicted octanol–water partition coefficient (Wildman–Crippen LogP) is 2.87. The summed E-state index contributed by atoms with van der Waals surface area (Å²) in [5, 5.41) is 19.7. The molecule has 1 aromatic carbocycles. The molecule has 0 aromatic heterocycles. The van der Waals surface area contributed by atoms with Crippen molar-refractivity contribution in [3.8, 4) is 11.8 Å². The number of benzene rings is 1. The monoisotopic (exact) mass is 287 g/mol. The Bertz CT molecular complexity index is 533. The SMILES string of the molecule is CCCCCCOc1cccc(N/N=C(\C#N)C(=N)N)c1. The first kappa shape index (κ1) is 16.5. The van der Waals surface area contributed by atoms with Gasteiger partial charge in [0.1, 0.15) is 11.8 Å². The molecule has 0 radical (unpaired) electrons. The lowest BCUT2D eigenvalue weighted by molar-refractivity contribution is 0.305. The van der Waals surface area contributed by atoms with Crippen molar-refractivity contribution >= 4 is 17.2 Å². The molecule has 0 amide bonds. The van der Waals surface area contributed by atoms with Crippen molar-refractivity contribution in [3.63, 3.8) is 0 Å². The van der Waals surface area contributed by atoms with E-state index in [2.05, 4.69) is 17.5 Å². The molecule has 0 bridgehead atoms. The smallest absolute Gasteiger partial charge is 0.201 e. The van der Waals surface area contributed by atoms with Gasteiger partial charge in [-0.15, -0.1) is 0 Å². The van der Waals surface area contributed by atoms with Gasteiger partial charge in [0.15, 0.2) is 5.84 Å². The van der Waals surface area contributed by atoms with Gasteiger partial charge < -0.3 is 10.5 Å². The van der Waals surface area contributed by atoms with Gasteiger partial charge in [0.25, 0.3) is 0 Å². The number of rotatable bonds is 9. The van der Waals surface area contributed by atoms with Crippen LogP contribution in [0.1, 0.15) is 32.6 Å². The fourth-order valence-corrected chi connectivity index (χ4v) is 1.64. The Morgan fingerprint density at radius 1 is 1.43 bits per heavy atom. The van der Waals surface area contributed by atoms with Gasteiger partial charge >= 0.3 is 0 Å². The van der Waals surface area contributed by atoms with Crippen LogP contribution in [0.3, 0.4) is 0 Å². The minimum Gasteiger partial charge on any atom is -0.494 e. The van der Waals surface area contributed by atoms with Gasteiger partial charge in [0, 0.05) is 6.07 Å². The maximum atomic E-state index is 8.75. The van der Waals surface area contributed by atoms with E-state index in [1.165, 1.54) is 19.3 Å². The van der Waals surface area contributed by atoms with Gasteiger partial charge in [-0.25, -0.2) is 0 Å². The fraction of sp³-hybridized carbons (Fsp3) is 0.400. The lowest BCUT2D eigenvalue weighted by atomic mass is 10.2. The third kappa shape index (κ3) is 6.43. The number of nitrogens with one attached hydrogen (secondary N) is 2. The van der Waals surface area contributed by atoms with E-state index in [0.29, 0.717) is 12.3 Å². The second-order valence-electron chi connectivity index (χ2n) is 4.53. The summed E-state index contributed by atoms with van der Waals surface area (Å²) in [7, 11) is 0. The molecule has 6 nitrogen and oxygen atoms in total. The van der Waals surface area contributed by atoms with Crippen LogP contribution in [0.25, 0.3) is 0 Å². The zero-order chi connectivity index (χ0) is 15.5. The molecule has 112 valence electrons. The number of ether oxygens (including phenoxy) is 1. The average Bonchev–Trinajstić information content (AvgIpc) is 2.48. The number of nitrogens with zero attached hydrogens (tertiary/aromatic N) is 2. The van der Waals surface area contributed by atoms with Gasteiger partial charge in [-0.05, 0) is 18.6 Å². The van der Waals surface area contributed by atoms with Crippen molar-refractivity contribution < 1.29 is 4.74 Å². The molecule has 0 unspecified atom stereocenters. The molecule has 0 aliphatic rings. The van der Waals surface area contributed by atoms with Crippen LogP contribution in [-0.2, 0) is 0 Å². The number of nitriles is 1. The Balaban J connectivity index is 2.52. The predicted molar refractivity (Wildman–Crippen MR) is 84.7 cm³/mol. The van der Waals surface area contributed by atoms with Crippen LogP contribution in [-0.4, -0.2) is 18.2 Å². The lowest BCUT2D eigenvalue weighted by Crippen LogP contribution is -2.21. The molecule has 0 atom stereocenters. The van der Waals surface area contributed by atoms with Crippen LogP contribution in [0.15, 0.2) is 29.4 Å². The van der Waals surface area contributed by atoms with E-state index in [-0.39, 0.29) is 11.5 Å². The summed E-state index contributed by atoms with van der Waals surface area (Å²) < 4.78 is 5.65. The molecular formula is C15H21N5O. The second-order valence-corrected chi connectivity index (χ2v) is 4.53. The number of anilines is 1. The number of amidine groups is 1. The normalized spacial score (nSPS) is 10.8. The van der Waals surface area contributed by atoms with Gasteiger partial charge in [0.05, 0.1) is 12.3 Å². The van der Waals surface area contributed by atoms with E-state index < -0.39 is 0 Å². The maximum absolute atomic E-state index is 8.75. The number of unbranched alkanes of at least 4 members (excludes halogenated alkanes) is 3. The molecule has 0 fully saturated rings. The van der Waals surface area contributed by atoms with Crippen LogP contribution < -0.4 is 15.9 Å². The van der Waals surface area contributed by atoms with Crippen molar-refractivity contribution in [3.05, 3.63) is 24.3 Å². The minimum absolute atomic E-state index is 0.152. The van der Waals surface area contributed by atoms with Crippen LogP contribution in [0.5, 0.6) is 5.75 Å². The molecular weight excluding hydrogens is 266 g/mol. The van der Waals surface area contributed by atoms with Gasteiger partial charge in [0.2, 0.25) is 5.71 Å². The Morgan fingerprint density at radius 3 is 2.90 bits per heavy atom. The maximum Gasteiger partial charge on any atom is 0.201 e. The van der Waals surface area contributed by atoms with Crippen molar-refractivity contribution in [2.24, 2.45) is 10.8 Å². The van der Waals surface area contributed by atoms with Crippen molar-refractivity contribution in [1.29, 1.82) is 10.7 Å². The van der Waals surface area contributed by atoms with E-state index >= 15 is 0 Å². The molecule has 0 saturated heterocycles. The first-order valence-electron chi connectivity index (χ1n) is 6.98. The molecule has 21 heavy (non-hydrogen) atoms. The minimum atomic E-state index is -0.367. The van der Waals surface area contributed by atoms with Crippen molar-refractivity contribution in [2.75, 3.05) is 12.0 Å². The third-order valence-electron chi connectivity index (χ3n) is 2.76. The van der Waals surface area contributed by atoms with Gasteiger partial charge in [-0.1, -0.05) is 32.3 Å². The molecule has 0 spiro atoms. The van der Waals surface area contributed by atoms with Crippen LogP contribution in [0, 0.1) is 16.7 Å². The molecule has 1 rings (SSSR count). The first-order chi connectivity index (χ1) is 10.2. The van der Waals surface area contributed by atoms with Crippen LogP contribution in [0.4, 0.5) is 5.69 Å². The lowest BCUT2D eigenvalue weighted by Gasteiger charge is -2.07. The van der Waals surface area contributed by atoms with Gasteiger partial charge in [-0.2, -0.15) is 10.4 Å². The summed E-state index contributed by atoms with van der Waals surface area (Å²) in [6.45, 7) is 2.86. The largest absolute Gasteiger partial charge is 0.494 e. The molecule has 0 aliphatic carbocycles. The zero-order valence-corrected chi connectivity index (χ0v) is 12.2. The molecule has 4 N–H and O–H groups in total. The topological polar surface area (TPSA) is 107 Å². The van der Waals surface area contributed by atoms with E-state index in [1.54, 1.807) is 18.2 Å². The summed E-state index contributed by atoms with van der Waals surface area (Å²) in [5.74, 6) is 0.376. The van der Waals surface area contributed by atoms with Crippen LogP contribution >= 0.6 is 0 Å². The summed E-state index contributed by atoms with van der Waals surface area (Å²) in [5.41, 5.74) is 8.43. The standard InChI is InChI=1S/C15H21N5O/c1-2-3-4-5-9-21-13-8-6-7-12(10-13)19-20-14(11-16)15(17)18/h6-8,10,19H,2-5,9H2,1H3,(H3,17,18)/b20-14+. The van der Waals surface area contributed by atoms with Crippen molar-refractivity contribution in [1.82, 2.24) is 0 Å². The van der Waals surface area contributed by atoms with Crippen LogP contribution in [0.2, 0.25) is 0 Å². The summed E-state index contributed by atoms with van der Waals surface area (Å²) in [6.07, 6.45) is 4.63. The van der Waals surface area contributed by atoms with E-state index in [1.807, 2.05) is 12.1 Å². The molecule has 0 aliphatic heterocycles. The highest BCUT2D eigenvalue weighted by atomic mass is 16.5. The quantitative estimate of drug-likeness (QED) is 0.281. The highest BCUT2D eigenvalue weighted by Crippen LogP contribution is 2.17. The molecule has 1 aromatic rings. The second kappa shape index (κ2) is 9.37. The summed E-state index contributed by atoms with van der Waals surface area (Å²) in [4.78, 5) is 0. The first-order valence-corrected chi connectivity index (χ1v) is 6.98. The van der Waals surface area contributed by atoms with Gasteiger partial charge in [-0.3, -0.25) is 10.8 Å². The molecule has 0 heterocycles. The van der Waals surface area contributed by atoms with Crippen molar-refractivity contribution in [2.45, 2.75) is 32.6 Å². The Labute approximate surface area is 125 Å². The number of nitrogens with two attached hydrogens (primary N) is 1. The average molecular weight is 287 g/mol. The Kier molecular flexibility index (Phi) is 7.36. The number of hydrazone groups is 1. The third-order valence-corrected chi connectivity index (χ3v) is 2.76. The van der Waals surface area contributed by atoms with E-state index in [0.717, 1.165) is 12.2 Å². The van der Waals surface area contributed by atoms with E-state index in [4.69, 9.17) is 21.1 Å². The highest BCUT2D eigenvalue weighted by Gasteiger charge is 2.01. The fourth-order valence-electron chi connectivity index (χ4n) is 1.64. The number of hydrogen-bond donors (Lipinski definition) is 3. The Hall–Kier alpha value is -2.55. The molecule has 0 saturated carbocycles.